The van der Waals surface area contributed by atoms with Crippen LogP contribution >= 0.6 is 0 Å². The lowest BCUT2D eigenvalue weighted by Gasteiger charge is -2.09. The molecule has 0 saturated carbocycles. The van der Waals surface area contributed by atoms with Gasteiger partial charge in [-0.2, -0.15) is 0 Å². The van der Waals surface area contributed by atoms with Crippen LogP contribution in [-0.4, -0.2) is 9.55 Å². The van der Waals surface area contributed by atoms with Crippen molar-refractivity contribution in [3.63, 3.8) is 0 Å². The minimum Gasteiger partial charge on any atom is -0.383 e. The molecule has 2 aromatic heterocycles. The van der Waals surface area contributed by atoms with Crippen LogP contribution in [-0.2, 0) is 6.54 Å². The van der Waals surface area contributed by atoms with E-state index in [9.17, 15) is 4.79 Å². The highest BCUT2D eigenvalue weighted by molar-refractivity contribution is 5.81. The van der Waals surface area contributed by atoms with E-state index >= 15 is 0 Å². The standard InChI is InChI=1S/C15H13N3O/c16-15-12(10-18-8-4-3-7-14(18)19)9-11-5-1-2-6-13(11)17-15/h1-9H,10H2,(H2,16,17). The molecule has 4 nitrogen and oxygen atoms in total. The van der Waals surface area contributed by atoms with Crippen molar-refractivity contribution in [2.75, 3.05) is 5.73 Å². The van der Waals surface area contributed by atoms with Gasteiger partial charge in [-0.1, -0.05) is 24.3 Å². The summed E-state index contributed by atoms with van der Waals surface area (Å²) in [6, 6.07) is 14.9. The number of anilines is 1. The zero-order valence-electron chi connectivity index (χ0n) is 10.3. The van der Waals surface area contributed by atoms with Crippen LogP contribution in [0.1, 0.15) is 5.56 Å². The second-order valence-electron chi connectivity index (χ2n) is 4.39. The molecule has 3 aromatic rings. The Kier molecular flexibility index (Phi) is 2.76. The smallest absolute Gasteiger partial charge is 0.250 e. The Labute approximate surface area is 110 Å². The van der Waals surface area contributed by atoms with E-state index in [1.807, 2.05) is 36.4 Å². The lowest BCUT2D eigenvalue weighted by atomic mass is 10.1. The average molecular weight is 251 g/mol. The maximum Gasteiger partial charge on any atom is 0.250 e. The highest BCUT2D eigenvalue weighted by Gasteiger charge is 2.05. The molecule has 0 saturated heterocycles. The van der Waals surface area contributed by atoms with E-state index in [1.165, 1.54) is 6.07 Å². The molecule has 2 heterocycles. The third-order valence-electron chi connectivity index (χ3n) is 3.08. The summed E-state index contributed by atoms with van der Waals surface area (Å²) in [5.74, 6) is 0.467. The van der Waals surface area contributed by atoms with Crippen molar-refractivity contribution in [3.8, 4) is 0 Å². The molecule has 0 spiro atoms. The number of nitrogens with two attached hydrogens (primary N) is 1. The van der Waals surface area contributed by atoms with Gasteiger partial charge in [-0.25, -0.2) is 4.98 Å². The first kappa shape index (κ1) is 11.5. The monoisotopic (exact) mass is 251 g/mol. The number of pyridine rings is 2. The summed E-state index contributed by atoms with van der Waals surface area (Å²) in [4.78, 5) is 16.1. The molecule has 0 aliphatic carbocycles. The van der Waals surface area contributed by atoms with Crippen molar-refractivity contribution >= 4 is 16.7 Å². The second kappa shape index (κ2) is 4.57. The summed E-state index contributed by atoms with van der Waals surface area (Å²) < 4.78 is 1.61. The van der Waals surface area contributed by atoms with Crippen LogP contribution in [0.3, 0.4) is 0 Å². The summed E-state index contributed by atoms with van der Waals surface area (Å²) in [7, 11) is 0. The Bertz CT molecular complexity index is 792. The molecular formula is C15H13N3O. The molecule has 0 amide bonds. The van der Waals surface area contributed by atoms with Gasteiger partial charge in [-0.05, 0) is 18.2 Å². The zero-order valence-corrected chi connectivity index (χ0v) is 10.3. The highest BCUT2D eigenvalue weighted by atomic mass is 16.1. The van der Waals surface area contributed by atoms with Gasteiger partial charge in [0.05, 0.1) is 12.1 Å². The highest BCUT2D eigenvalue weighted by Crippen LogP contribution is 2.18. The Morgan fingerprint density at radius 1 is 1.11 bits per heavy atom. The lowest BCUT2D eigenvalue weighted by Crippen LogP contribution is -2.19. The second-order valence-corrected chi connectivity index (χ2v) is 4.39. The number of rotatable bonds is 2. The van der Waals surface area contributed by atoms with Crippen LogP contribution in [0.5, 0.6) is 0 Å². The minimum absolute atomic E-state index is 0.0462. The van der Waals surface area contributed by atoms with Gasteiger partial charge >= 0.3 is 0 Å². The van der Waals surface area contributed by atoms with Crippen LogP contribution in [0.25, 0.3) is 10.9 Å². The Morgan fingerprint density at radius 3 is 2.74 bits per heavy atom. The van der Waals surface area contributed by atoms with Crippen molar-refractivity contribution in [2.45, 2.75) is 6.54 Å². The quantitative estimate of drug-likeness (QED) is 0.758. The third kappa shape index (κ3) is 2.20. The van der Waals surface area contributed by atoms with E-state index in [-0.39, 0.29) is 5.56 Å². The molecule has 94 valence electrons. The Balaban J connectivity index is 2.08. The fourth-order valence-corrected chi connectivity index (χ4v) is 2.08. The van der Waals surface area contributed by atoms with Gasteiger partial charge in [-0.3, -0.25) is 4.79 Å². The number of nitrogens with zero attached hydrogens (tertiary/aromatic N) is 2. The molecule has 0 fully saturated rings. The number of hydrogen-bond acceptors (Lipinski definition) is 3. The van der Waals surface area contributed by atoms with E-state index in [4.69, 9.17) is 5.73 Å². The summed E-state index contributed by atoms with van der Waals surface area (Å²) in [5.41, 5.74) is 7.63. The number of fused-ring (bicyclic) bond motifs is 1. The first-order valence-corrected chi connectivity index (χ1v) is 6.03. The maximum atomic E-state index is 11.7. The van der Waals surface area contributed by atoms with Crippen molar-refractivity contribution in [1.82, 2.24) is 9.55 Å². The van der Waals surface area contributed by atoms with E-state index in [0.29, 0.717) is 12.4 Å². The van der Waals surface area contributed by atoms with E-state index in [1.54, 1.807) is 16.8 Å². The Morgan fingerprint density at radius 2 is 1.89 bits per heavy atom. The topological polar surface area (TPSA) is 60.9 Å². The minimum atomic E-state index is -0.0462. The fourth-order valence-electron chi connectivity index (χ4n) is 2.08. The number of para-hydroxylation sites is 1. The molecule has 3 rings (SSSR count). The Hall–Kier alpha value is -2.62. The number of benzene rings is 1. The molecular weight excluding hydrogens is 238 g/mol. The molecule has 19 heavy (non-hydrogen) atoms. The summed E-state index contributed by atoms with van der Waals surface area (Å²) in [5, 5.41) is 1.02. The largest absolute Gasteiger partial charge is 0.383 e. The summed E-state index contributed by atoms with van der Waals surface area (Å²) in [6.07, 6.45) is 1.75. The molecule has 4 heteroatoms. The molecule has 0 radical (unpaired) electrons. The van der Waals surface area contributed by atoms with E-state index < -0.39 is 0 Å². The predicted octanol–water partition coefficient (Wildman–Crippen LogP) is 2.03. The summed E-state index contributed by atoms with van der Waals surface area (Å²) in [6.45, 7) is 0.434. The predicted molar refractivity (Wildman–Crippen MR) is 76.0 cm³/mol. The molecule has 0 unspecified atom stereocenters. The molecule has 2 N–H and O–H groups in total. The van der Waals surface area contributed by atoms with Crippen LogP contribution in [0.15, 0.2) is 59.5 Å². The first-order chi connectivity index (χ1) is 9.24. The third-order valence-corrected chi connectivity index (χ3v) is 3.08. The SMILES string of the molecule is Nc1nc2ccccc2cc1Cn1ccccc1=O. The van der Waals surface area contributed by atoms with Gasteiger partial charge in [-0.15, -0.1) is 0 Å². The van der Waals surface area contributed by atoms with Gasteiger partial charge in [0.2, 0.25) is 0 Å². The van der Waals surface area contributed by atoms with E-state index in [2.05, 4.69) is 4.98 Å². The summed E-state index contributed by atoms with van der Waals surface area (Å²) >= 11 is 0. The maximum absolute atomic E-state index is 11.7. The number of hydrogen-bond donors (Lipinski definition) is 1. The van der Waals surface area contributed by atoms with Crippen molar-refractivity contribution < 1.29 is 0 Å². The average Bonchev–Trinajstić information content (AvgIpc) is 2.42. The van der Waals surface area contributed by atoms with Gasteiger partial charge in [0.1, 0.15) is 5.82 Å². The molecule has 1 aromatic carbocycles. The van der Waals surface area contributed by atoms with Crippen molar-refractivity contribution in [2.24, 2.45) is 0 Å². The fraction of sp³-hybridized carbons (Fsp3) is 0.0667. The number of nitrogen functional groups attached to an aromatic ring is 1. The van der Waals surface area contributed by atoms with Crippen LogP contribution in [0.2, 0.25) is 0 Å². The van der Waals surface area contributed by atoms with Gasteiger partial charge in [0.15, 0.2) is 0 Å². The zero-order chi connectivity index (χ0) is 13.2. The van der Waals surface area contributed by atoms with Crippen molar-refractivity contribution in [1.29, 1.82) is 0 Å². The van der Waals surface area contributed by atoms with Crippen LogP contribution < -0.4 is 11.3 Å². The van der Waals surface area contributed by atoms with E-state index in [0.717, 1.165) is 16.5 Å². The molecule has 0 aliphatic heterocycles. The molecule has 0 bridgehead atoms. The first-order valence-electron chi connectivity index (χ1n) is 6.03. The van der Waals surface area contributed by atoms with Gasteiger partial charge in [0.25, 0.3) is 5.56 Å². The molecule has 0 atom stereocenters. The molecule has 0 aliphatic rings. The van der Waals surface area contributed by atoms with Crippen LogP contribution in [0, 0.1) is 0 Å². The lowest BCUT2D eigenvalue weighted by molar-refractivity contribution is 0.760. The van der Waals surface area contributed by atoms with Gasteiger partial charge < -0.3 is 10.3 Å². The normalized spacial score (nSPS) is 10.7. The van der Waals surface area contributed by atoms with Crippen molar-refractivity contribution in [3.05, 3.63) is 70.6 Å². The van der Waals surface area contributed by atoms with Gasteiger partial charge in [0, 0.05) is 23.2 Å². The van der Waals surface area contributed by atoms with Crippen LogP contribution in [0.4, 0.5) is 5.82 Å². The number of aromatic nitrogens is 2.